The zero-order valence-corrected chi connectivity index (χ0v) is 15.9. The van der Waals surface area contributed by atoms with Crippen LogP contribution in [0.3, 0.4) is 0 Å². The summed E-state index contributed by atoms with van der Waals surface area (Å²) in [6, 6.07) is 8.22. The van der Waals surface area contributed by atoms with Gasteiger partial charge in [-0.25, -0.2) is 8.78 Å². The molecule has 2 atom stereocenters. The van der Waals surface area contributed by atoms with Crippen LogP contribution in [0.4, 0.5) is 14.5 Å². The van der Waals surface area contributed by atoms with E-state index >= 15 is 0 Å². The van der Waals surface area contributed by atoms with Gasteiger partial charge in [-0.2, -0.15) is 0 Å². The molecule has 5 nitrogen and oxygen atoms in total. The first-order valence-corrected chi connectivity index (χ1v) is 8.64. The second kappa shape index (κ2) is 9.32. The Bertz CT molecular complexity index is 799. The summed E-state index contributed by atoms with van der Waals surface area (Å²) in [5.74, 6) is -0.329. The standard InChI is InChI=1S/C20H24F2N2O3/c1-13(20(25)23-17-12-15(21)6-7-16(17)22)24(2)10-9-14-5-8-18(26-3)19(11-14)27-4/h5-8,11-13H,9-10H2,1-4H3,(H,23,25)/p+1/t13-/m0/s1. The number of benzene rings is 2. The van der Waals surface area contributed by atoms with E-state index in [0.717, 1.165) is 35.1 Å². The van der Waals surface area contributed by atoms with Crippen molar-refractivity contribution in [3.8, 4) is 11.5 Å². The highest BCUT2D eigenvalue weighted by molar-refractivity contribution is 5.93. The number of hydrogen-bond acceptors (Lipinski definition) is 3. The van der Waals surface area contributed by atoms with E-state index in [0.29, 0.717) is 18.0 Å². The smallest absolute Gasteiger partial charge is 0.282 e. The van der Waals surface area contributed by atoms with Crippen LogP contribution in [0.1, 0.15) is 12.5 Å². The fourth-order valence-electron chi connectivity index (χ4n) is 2.65. The highest BCUT2D eigenvalue weighted by Crippen LogP contribution is 2.27. The largest absolute Gasteiger partial charge is 0.493 e. The molecule has 2 aromatic rings. The van der Waals surface area contributed by atoms with E-state index in [9.17, 15) is 13.6 Å². The summed E-state index contributed by atoms with van der Waals surface area (Å²) in [6.07, 6.45) is 0.720. The Kier molecular flexibility index (Phi) is 7.12. The molecule has 0 aromatic heterocycles. The van der Waals surface area contributed by atoms with Gasteiger partial charge in [0.2, 0.25) is 0 Å². The maximum absolute atomic E-state index is 13.7. The third-order valence-corrected chi connectivity index (χ3v) is 4.57. The SMILES string of the molecule is COc1ccc(CC[NH+](C)[C@@H](C)C(=O)Nc2cc(F)ccc2F)cc1OC. The normalized spacial score (nSPS) is 13.0. The third-order valence-electron chi connectivity index (χ3n) is 4.57. The number of amides is 1. The van der Waals surface area contributed by atoms with Crippen LogP contribution in [0.25, 0.3) is 0 Å². The third kappa shape index (κ3) is 5.40. The van der Waals surface area contributed by atoms with Crippen LogP contribution in [0.5, 0.6) is 11.5 Å². The van der Waals surface area contributed by atoms with Gasteiger partial charge in [0.25, 0.3) is 5.91 Å². The second-order valence-corrected chi connectivity index (χ2v) is 6.37. The molecule has 0 spiro atoms. The monoisotopic (exact) mass is 379 g/mol. The summed E-state index contributed by atoms with van der Waals surface area (Å²) in [5, 5.41) is 2.45. The molecule has 2 rings (SSSR count). The molecule has 0 radical (unpaired) electrons. The van der Waals surface area contributed by atoms with Crippen molar-refractivity contribution in [2.75, 3.05) is 33.1 Å². The second-order valence-electron chi connectivity index (χ2n) is 6.37. The maximum Gasteiger partial charge on any atom is 0.282 e. The van der Waals surface area contributed by atoms with E-state index in [1.165, 1.54) is 0 Å². The van der Waals surface area contributed by atoms with E-state index in [1.54, 1.807) is 21.1 Å². The number of hydrogen-bond donors (Lipinski definition) is 2. The van der Waals surface area contributed by atoms with Crippen LogP contribution in [-0.2, 0) is 11.2 Å². The predicted molar refractivity (Wildman–Crippen MR) is 99.5 cm³/mol. The molecule has 0 heterocycles. The fourth-order valence-corrected chi connectivity index (χ4v) is 2.65. The van der Waals surface area contributed by atoms with Crippen molar-refractivity contribution < 1.29 is 27.9 Å². The molecule has 7 heteroatoms. The van der Waals surface area contributed by atoms with Crippen molar-refractivity contribution in [3.63, 3.8) is 0 Å². The van der Waals surface area contributed by atoms with Crippen molar-refractivity contribution in [2.24, 2.45) is 0 Å². The number of ether oxygens (including phenoxy) is 2. The number of halogens is 2. The molecule has 0 aliphatic rings. The van der Waals surface area contributed by atoms with E-state index in [-0.39, 0.29) is 11.6 Å². The summed E-state index contributed by atoms with van der Waals surface area (Å²) in [7, 11) is 5.04. The van der Waals surface area contributed by atoms with Crippen molar-refractivity contribution in [2.45, 2.75) is 19.4 Å². The number of carbonyl (C=O) groups is 1. The van der Waals surface area contributed by atoms with Crippen molar-refractivity contribution in [1.82, 2.24) is 0 Å². The van der Waals surface area contributed by atoms with Crippen molar-refractivity contribution >= 4 is 11.6 Å². The minimum atomic E-state index is -0.667. The molecule has 0 saturated carbocycles. The van der Waals surface area contributed by atoms with Crippen molar-refractivity contribution in [3.05, 3.63) is 53.6 Å². The van der Waals surface area contributed by atoms with E-state index in [2.05, 4.69) is 5.32 Å². The molecule has 146 valence electrons. The Hall–Kier alpha value is -2.67. The highest BCUT2D eigenvalue weighted by atomic mass is 19.1. The van der Waals surface area contributed by atoms with Crippen LogP contribution in [0.2, 0.25) is 0 Å². The van der Waals surface area contributed by atoms with Gasteiger partial charge in [-0.05, 0) is 36.8 Å². The van der Waals surface area contributed by atoms with Crippen LogP contribution < -0.4 is 19.7 Å². The summed E-state index contributed by atoms with van der Waals surface area (Å²) in [5.41, 5.74) is 0.898. The Morgan fingerprint density at radius 1 is 1.11 bits per heavy atom. The first-order valence-electron chi connectivity index (χ1n) is 8.64. The molecular formula is C20H25F2N2O3+. The van der Waals surface area contributed by atoms with Gasteiger partial charge in [-0.15, -0.1) is 0 Å². The van der Waals surface area contributed by atoms with Gasteiger partial charge >= 0.3 is 0 Å². The van der Waals surface area contributed by atoms with Gasteiger partial charge in [-0.3, -0.25) is 4.79 Å². The minimum absolute atomic E-state index is 0.153. The lowest BCUT2D eigenvalue weighted by Gasteiger charge is -2.21. The van der Waals surface area contributed by atoms with Crippen LogP contribution in [0.15, 0.2) is 36.4 Å². The molecule has 0 aliphatic heterocycles. The van der Waals surface area contributed by atoms with Crippen molar-refractivity contribution in [1.29, 1.82) is 0 Å². The topological polar surface area (TPSA) is 52.0 Å². The lowest BCUT2D eigenvalue weighted by molar-refractivity contribution is -0.893. The molecule has 0 bridgehead atoms. The van der Waals surface area contributed by atoms with Crippen LogP contribution in [0, 0.1) is 11.6 Å². The lowest BCUT2D eigenvalue weighted by atomic mass is 10.1. The summed E-state index contributed by atoms with van der Waals surface area (Å²) >= 11 is 0. The van der Waals surface area contributed by atoms with Gasteiger partial charge < -0.3 is 19.7 Å². The number of carbonyl (C=O) groups excluding carboxylic acids is 1. The molecule has 27 heavy (non-hydrogen) atoms. The zero-order chi connectivity index (χ0) is 20.0. The zero-order valence-electron chi connectivity index (χ0n) is 15.9. The quantitative estimate of drug-likeness (QED) is 0.738. The Labute approximate surface area is 157 Å². The average Bonchev–Trinajstić information content (AvgIpc) is 2.67. The Morgan fingerprint density at radius 3 is 2.48 bits per heavy atom. The number of quaternary nitrogens is 1. The molecule has 1 amide bonds. The van der Waals surface area contributed by atoms with Gasteiger partial charge in [0.05, 0.1) is 33.5 Å². The van der Waals surface area contributed by atoms with E-state index < -0.39 is 17.7 Å². The summed E-state index contributed by atoms with van der Waals surface area (Å²) in [4.78, 5) is 13.3. The molecule has 2 aromatic carbocycles. The van der Waals surface area contributed by atoms with Gasteiger partial charge in [0.1, 0.15) is 11.6 Å². The number of rotatable bonds is 8. The van der Waals surface area contributed by atoms with Gasteiger partial charge in [-0.1, -0.05) is 6.07 Å². The van der Waals surface area contributed by atoms with E-state index in [4.69, 9.17) is 9.47 Å². The molecule has 2 N–H and O–H groups in total. The lowest BCUT2D eigenvalue weighted by Crippen LogP contribution is -3.14. The molecule has 0 saturated heterocycles. The number of nitrogens with one attached hydrogen (secondary N) is 2. The van der Waals surface area contributed by atoms with Gasteiger partial charge in [0, 0.05) is 12.5 Å². The highest BCUT2D eigenvalue weighted by Gasteiger charge is 2.23. The first kappa shape index (κ1) is 20.6. The summed E-state index contributed by atoms with van der Waals surface area (Å²) in [6.45, 7) is 2.42. The molecule has 0 fully saturated rings. The number of anilines is 1. The number of likely N-dealkylation sites (N-methyl/N-ethyl adjacent to an activating group) is 1. The fraction of sp³-hybridized carbons (Fsp3) is 0.350. The van der Waals surface area contributed by atoms with Gasteiger partial charge in [0.15, 0.2) is 17.5 Å². The number of methoxy groups -OCH3 is 2. The van der Waals surface area contributed by atoms with Crippen LogP contribution in [-0.4, -0.2) is 39.8 Å². The molecular weight excluding hydrogens is 354 g/mol. The van der Waals surface area contributed by atoms with E-state index in [1.807, 2.05) is 25.2 Å². The average molecular weight is 379 g/mol. The summed E-state index contributed by atoms with van der Waals surface area (Å²) < 4.78 is 37.4. The predicted octanol–water partition coefficient (Wildman–Crippen LogP) is 2.07. The Balaban J connectivity index is 1.95. The first-order chi connectivity index (χ1) is 12.8. The molecule has 0 aliphatic carbocycles. The van der Waals surface area contributed by atoms with Crippen LogP contribution >= 0.6 is 0 Å². The minimum Gasteiger partial charge on any atom is -0.493 e. The Morgan fingerprint density at radius 2 is 1.81 bits per heavy atom. The maximum atomic E-state index is 13.7. The molecule has 1 unspecified atom stereocenters.